The van der Waals surface area contributed by atoms with Crippen LogP contribution >= 0.6 is 0 Å². The van der Waals surface area contributed by atoms with Crippen LogP contribution in [0.1, 0.15) is 18.9 Å². The Hall–Kier alpha value is -1.39. The summed E-state index contributed by atoms with van der Waals surface area (Å²) in [5.74, 6) is 0.193. The minimum Gasteiger partial charge on any atom is -0.373 e. The molecule has 1 aliphatic rings. The van der Waals surface area contributed by atoms with Gasteiger partial charge in [0.05, 0.1) is 18.8 Å². The van der Waals surface area contributed by atoms with Gasteiger partial charge in [-0.05, 0) is 18.9 Å². The van der Waals surface area contributed by atoms with E-state index in [9.17, 15) is 4.79 Å². The van der Waals surface area contributed by atoms with E-state index in [0.29, 0.717) is 26.1 Å². The molecule has 0 radical (unpaired) electrons. The predicted octanol–water partition coefficient (Wildman–Crippen LogP) is 1.19. The number of nitrogens with two attached hydrogens (primary N) is 1. The third kappa shape index (κ3) is 3.78. The first kappa shape index (κ1) is 14.0. The van der Waals surface area contributed by atoms with Crippen LogP contribution in [-0.4, -0.2) is 42.6 Å². The molecular formula is C15H22N2O2. The molecule has 19 heavy (non-hydrogen) atoms. The number of nitrogens with zero attached hydrogens (tertiary/aromatic N) is 1. The number of benzene rings is 1. The van der Waals surface area contributed by atoms with E-state index in [4.69, 9.17) is 10.5 Å². The molecule has 2 unspecified atom stereocenters. The van der Waals surface area contributed by atoms with Crippen molar-refractivity contribution in [3.05, 3.63) is 35.9 Å². The number of ether oxygens (including phenoxy) is 1. The Balaban J connectivity index is 1.88. The van der Waals surface area contributed by atoms with E-state index in [0.717, 1.165) is 6.42 Å². The van der Waals surface area contributed by atoms with Crippen LogP contribution in [0.5, 0.6) is 0 Å². The minimum atomic E-state index is -0.0168. The van der Waals surface area contributed by atoms with Crippen molar-refractivity contribution in [2.75, 3.05) is 19.7 Å². The summed E-state index contributed by atoms with van der Waals surface area (Å²) in [6.45, 7) is 3.69. The van der Waals surface area contributed by atoms with Crippen LogP contribution in [0.2, 0.25) is 0 Å². The van der Waals surface area contributed by atoms with Crippen LogP contribution in [0.25, 0.3) is 0 Å². The number of morpholine rings is 1. The molecule has 0 aromatic heterocycles. The van der Waals surface area contributed by atoms with Crippen molar-refractivity contribution in [2.24, 2.45) is 5.73 Å². The highest BCUT2D eigenvalue weighted by atomic mass is 16.5. The number of carbonyl (C=O) groups is 1. The van der Waals surface area contributed by atoms with E-state index in [1.54, 1.807) is 0 Å². The van der Waals surface area contributed by atoms with E-state index < -0.39 is 0 Å². The van der Waals surface area contributed by atoms with Crippen molar-refractivity contribution in [2.45, 2.75) is 31.9 Å². The molecule has 1 aliphatic heterocycles. The first-order chi connectivity index (χ1) is 9.20. The third-order valence-corrected chi connectivity index (χ3v) is 3.56. The van der Waals surface area contributed by atoms with E-state index in [2.05, 4.69) is 12.1 Å². The summed E-state index contributed by atoms with van der Waals surface area (Å²) in [5, 5.41) is 0. The molecule has 4 nitrogen and oxygen atoms in total. The van der Waals surface area contributed by atoms with Gasteiger partial charge in [-0.15, -0.1) is 0 Å². The van der Waals surface area contributed by atoms with Crippen LogP contribution in [-0.2, 0) is 16.0 Å². The normalized spacial score (nSPS) is 23.4. The monoisotopic (exact) mass is 262 g/mol. The molecule has 1 aromatic rings. The number of hydrogen-bond acceptors (Lipinski definition) is 3. The summed E-state index contributed by atoms with van der Waals surface area (Å²) in [6, 6.07) is 10.2. The second-order valence-corrected chi connectivity index (χ2v) is 5.07. The minimum absolute atomic E-state index is 0.0168. The zero-order chi connectivity index (χ0) is 13.7. The molecule has 4 heteroatoms. The summed E-state index contributed by atoms with van der Waals surface area (Å²) in [4.78, 5) is 14.2. The van der Waals surface area contributed by atoms with Crippen molar-refractivity contribution < 1.29 is 9.53 Å². The van der Waals surface area contributed by atoms with Crippen LogP contribution in [0.4, 0.5) is 0 Å². The highest BCUT2D eigenvalue weighted by Crippen LogP contribution is 2.14. The van der Waals surface area contributed by atoms with E-state index in [1.165, 1.54) is 5.56 Å². The van der Waals surface area contributed by atoms with E-state index in [-0.39, 0.29) is 18.1 Å². The lowest BCUT2D eigenvalue weighted by molar-refractivity contribution is -0.143. The summed E-state index contributed by atoms with van der Waals surface area (Å²) < 4.78 is 5.56. The van der Waals surface area contributed by atoms with Gasteiger partial charge >= 0.3 is 0 Å². The van der Waals surface area contributed by atoms with Gasteiger partial charge in [-0.2, -0.15) is 0 Å². The number of rotatable bonds is 4. The van der Waals surface area contributed by atoms with E-state index in [1.807, 2.05) is 30.0 Å². The van der Waals surface area contributed by atoms with Gasteiger partial charge in [0.15, 0.2) is 0 Å². The van der Waals surface area contributed by atoms with Crippen LogP contribution in [0.3, 0.4) is 0 Å². The molecule has 1 heterocycles. The highest BCUT2D eigenvalue weighted by molar-refractivity contribution is 5.77. The van der Waals surface area contributed by atoms with Crippen molar-refractivity contribution in [3.8, 4) is 0 Å². The number of amides is 1. The summed E-state index contributed by atoms with van der Waals surface area (Å²) >= 11 is 0. The molecule has 2 rings (SSSR count). The predicted molar refractivity (Wildman–Crippen MR) is 74.7 cm³/mol. The van der Waals surface area contributed by atoms with Crippen molar-refractivity contribution in [3.63, 3.8) is 0 Å². The molecule has 0 bridgehead atoms. The molecule has 0 spiro atoms. The fraction of sp³-hybridized carbons (Fsp3) is 0.533. The Morgan fingerprint density at radius 3 is 2.84 bits per heavy atom. The lowest BCUT2D eigenvalue weighted by Crippen LogP contribution is -2.52. The Morgan fingerprint density at radius 2 is 2.16 bits per heavy atom. The molecule has 2 atom stereocenters. The zero-order valence-electron chi connectivity index (χ0n) is 11.4. The number of hydrogen-bond donors (Lipinski definition) is 1. The van der Waals surface area contributed by atoms with Gasteiger partial charge in [0.1, 0.15) is 0 Å². The molecule has 2 N–H and O–H groups in total. The lowest BCUT2D eigenvalue weighted by atomic mass is 10.1. The topological polar surface area (TPSA) is 55.6 Å². The smallest absolute Gasteiger partial charge is 0.223 e. The van der Waals surface area contributed by atoms with Crippen molar-refractivity contribution >= 4 is 5.91 Å². The standard InChI is InChI=1S/C15H22N2O2/c1-12-11-19-14(9-16)10-17(12)15(18)8-7-13-5-3-2-4-6-13/h2-6,12,14H,7-11,16H2,1H3. The molecule has 1 aromatic carbocycles. The number of aryl methyl sites for hydroxylation is 1. The summed E-state index contributed by atoms with van der Waals surface area (Å²) in [7, 11) is 0. The highest BCUT2D eigenvalue weighted by Gasteiger charge is 2.28. The Morgan fingerprint density at radius 1 is 1.42 bits per heavy atom. The first-order valence-corrected chi connectivity index (χ1v) is 6.85. The summed E-state index contributed by atoms with van der Waals surface area (Å²) in [5.41, 5.74) is 6.81. The van der Waals surface area contributed by atoms with Crippen LogP contribution in [0.15, 0.2) is 30.3 Å². The maximum Gasteiger partial charge on any atom is 0.223 e. The second-order valence-electron chi connectivity index (χ2n) is 5.07. The van der Waals surface area contributed by atoms with Gasteiger partial charge in [0.2, 0.25) is 5.91 Å². The average molecular weight is 262 g/mol. The molecule has 0 saturated carbocycles. The third-order valence-electron chi connectivity index (χ3n) is 3.56. The first-order valence-electron chi connectivity index (χ1n) is 6.85. The molecule has 1 amide bonds. The molecule has 1 saturated heterocycles. The fourth-order valence-corrected chi connectivity index (χ4v) is 2.35. The quantitative estimate of drug-likeness (QED) is 0.887. The zero-order valence-corrected chi connectivity index (χ0v) is 11.4. The van der Waals surface area contributed by atoms with Gasteiger partial charge in [-0.1, -0.05) is 30.3 Å². The maximum absolute atomic E-state index is 12.3. The van der Waals surface area contributed by atoms with Gasteiger partial charge in [-0.25, -0.2) is 0 Å². The summed E-state index contributed by atoms with van der Waals surface area (Å²) in [6.07, 6.45) is 1.32. The molecule has 0 aliphatic carbocycles. The van der Waals surface area contributed by atoms with Crippen LogP contribution < -0.4 is 5.73 Å². The van der Waals surface area contributed by atoms with E-state index >= 15 is 0 Å². The Kier molecular flexibility index (Phi) is 4.93. The van der Waals surface area contributed by atoms with Gasteiger partial charge in [0, 0.05) is 19.5 Å². The van der Waals surface area contributed by atoms with Crippen LogP contribution in [0, 0.1) is 0 Å². The van der Waals surface area contributed by atoms with Crippen molar-refractivity contribution in [1.82, 2.24) is 4.90 Å². The SMILES string of the molecule is CC1COC(CN)CN1C(=O)CCc1ccccc1. The van der Waals surface area contributed by atoms with Gasteiger partial charge < -0.3 is 15.4 Å². The fourth-order valence-electron chi connectivity index (χ4n) is 2.35. The maximum atomic E-state index is 12.3. The second kappa shape index (κ2) is 6.68. The molecular weight excluding hydrogens is 240 g/mol. The van der Waals surface area contributed by atoms with Gasteiger partial charge in [0.25, 0.3) is 0 Å². The number of carbonyl (C=O) groups excluding carboxylic acids is 1. The Bertz CT molecular complexity index is 408. The largest absolute Gasteiger partial charge is 0.373 e. The van der Waals surface area contributed by atoms with Gasteiger partial charge in [-0.3, -0.25) is 4.79 Å². The lowest BCUT2D eigenvalue weighted by Gasteiger charge is -2.37. The molecule has 1 fully saturated rings. The van der Waals surface area contributed by atoms with Crippen molar-refractivity contribution in [1.29, 1.82) is 0 Å². The Labute approximate surface area is 114 Å². The average Bonchev–Trinajstić information content (AvgIpc) is 2.46. The molecule has 104 valence electrons.